The summed E-state index contributed by atoms with van der Waals surface area (Å²) in [6, 6.07) is 23.5. The summed E-state index contributed by atoms with van der Waals surface area (Å²) in [5, 5.41) is 13.7. The van der Waals surface area contributed by atoms with Crippen molar-refractivity contribution in [2.45, 2.75) is 50.9 Å². The van der Waals surface area contributed by atoms with Gasteiger partial charge in [-0.25, -0.2) is 4.79 Å². The molecule has 16 heteroatoms. The highest BCUT2D eigenvalue weighted by Gasteiger charge is 2.46. The van der Waals surface area contributed by atoms with E-state index in [9.17, 15) is 14.9 Å². The lowest BCUT2D eigenvalue weighted by molar-refractivity contribution is -0.859. The zero-order valence-electron chi connectivity index (χ0n) is 40.1. The predicted molar refractivity (Wildman–Crippen MR) is 266 cm³/mol. The molecule has 2 saturated heterocycles. The summed E-state index contributed by atoms with van der Waals surface area (Å²) in [6.45, 7) is 8.49. The van der Waals surface area contributed by atoms with E-state index in [-0.39, 0.29) is 35.2 Å². The third-order valence-corrected chi connectivity index (χ3v) is 14.7. The number of quaternary nitrogens is 1. The summed E-state index contributed by atoms with van der Waals surface area (Å²) in [5.41, 5.74) is 4.74. The van der Waals surface area contributed by atoms with E-state index in [4.69, 9.17) is 45.3 Å². The minimum atomic E-state index is -0.410. The first-order valence-corrected chi connectivity index (χ1v) is 23.6. The SMILES string of the molecule is C=C(Cn1cc(C(=O)c2cc(OC)c(OC)c(OC)c2)c2ccc(OC)cc21)C(=O)[N+]1(C)CCN(c2nc(OCC3CCCN3C)nc3c2CCN(c2cccc4cccc(Cl)c24)C3)CC1CC#N. The molecule has 2 aromatic heterocycles. The molecule has 3 aliphatic heterocycles. The van der Waals surface area contributed by atoms with Crippen LogP contribution in [0.5, 0.6) is 29.0 Å². The van der Waals surface area contributed by atoms with E-state index in [0.717, 1.165) is 59.5 Å². The number of anilines is 2. The zero-order valence-corrected chi connectivity index (χ0v) is 40.8. The van der Waals surface area contributed by atoms with Crippen LogP contribution in [0.25, 0.3) is 21.7 Å². The summed E-state index contributed by atoms with van der Waals surface area (Å²) in [7, 11) is 10.1. The molecule has 0 saturated carbocycles. The van der Waals surface area contributed by atoms with Crippen LogP contribution in [0.15, 0.2) is 85.1 Å². The van der Waals surface area contributed by atoms with Crippen molar-refractivity contribution in [3.63, 3.8) is 0 Å². The maximum absolute atomic E-state index is 14.9. The summed E-state index contributed by atoms with van der Waals surface area (Å²) >= 11 is 6.82. The van der Waals surface area contributed by atoms with E-state index in [0.29, 0.717) is 101 Å². The third kappa shape index (κ3) is 8.88. The molecule has 0 bridgehead atoms. The Balaban J connectivity index is 0.999. The van der Waals surface area contributed by atoms with Crippen LogP contribution in [0.3, 0.4) is 0 Å². The minimum Gasteiger partial charge on any atom is -0.497 e. The van der Waals surface area contributed by atoms with Crippen molar-refractivity contribution in [1.82, 2.24) is 19.4 Å². The number of aromatic nitrogens is 3. The largest absolute Gasteiger partial charge is 0.497 e. The standard InChI is InChI=1S/C53H58ClN8O7/c1-33(28-61-30-41(39-17-16-38(65-4)27-45(39)61)49(63)35-25-46(66-5)50(68-7)47(26-35)67-6)52(64)62(3)24-23-60(29-37(62)18-20-55)51-40-19-22-59(44-15-9-12-34-11-8-14-42(54)48(34)44)31-43(40)56-53(57-51)69-32-36-13-10-21-58(36)2/h8-9,11-12,14-17,25-27,30,36-37H,1,10,13,18-19,21-24,28-29,31-32H2,2-7H3/q+1. The molecule has 0 spiro atoms. The Morgan fingerprint density at radius 2 is 1.71 bits per heavy atom. The number of carbonyl (C=O) groups excluding carboxylic acids is 2. The minimum absolute atomic E-state index is 0.0249. The molecule has 9 rings (SSSR count). The van der Waals surface area contributed by atoms with Gasteiger partial charge in [-0.1, -0.05) is 42.4 Å². The van der Waals surface area contributed by atoms with Crippen LogP contribution >= 0.6 is 11.6 Å². The second-order valence-electron chi connectivity index (χ2n) is 18.3. The second kappa shape index (κ2) is 19.6. The van der Waals surface area contributed by atoms with Gasteiger partial charge in [0, 0.05) is 58.0 Å². The number of piperazine rings is 1. The van der Waals surface area contributed by atoms with Gasteiger partial charge in [-0.2, -0.15) is 15.2 Å². The number of fused-ring (bicyclic) bond motifs is 3. The van der Waals surface area contributed by atoms with Gasteiger partial charge in [-0.3, -0.25) is 9.28 Å². The van der Waals surface area contributed by atoms with Crippen LogP contribution in [0.1, 0.15) is 46.4 Å². The zero-order chi connectivity index (χ0) is 48.6. The monoisotopic (exact) mass is 953 g/mol. The van der Waals surface area contributed by atoms with Gasteiger partial charge >= 0.3 is 11.9 Å². The first-order chi connectivity index (χ1) is 33.4. The fraction of sp³-hybridized carbons (Fsp3) is 0.377. The predicted octanol–water partition coefficient (Wildman–Crippen LogP) is 7.87. The first kappa shape index (κ1) is 47.2. The lowest BCUT2D eigenvalue weighted by Gasteiger charge is -2.46. The number of amides is 1. The molecule has 0 N–H and O–H groups in total. The van der Waals surface area contributed by atoms with E-state index in [1.165, 1.54) is 21.3 Å². The molecule has 5 heterocycles. The number of hydrogen-bond acceptors (Lipinski definition) is 13. The summed E-state index contributed by atoms with van der Waals surface area (Å²) in [4.78, 5) is 46.3. The van der Waals surface area contributed by atoms with Gasteiger partial charge in [0.15, 0.2) is 17.3 Å². The van der Waals surface area contributed by atoms with E-state index in [1.807, 2.05) is 35.9 Å². The maximum atomic E-state index is 14.9. The molecule has 3 atom stereocenters. The highest BCUT2D eigenvalue weighted by Crippen LogP contribution is 2.41. The van der Waals surface area contributed by atoms with Crippen molar-refractivity contribution in [2.75, 3.05) is 91.7 Å². The van der Waals surface area contributed by atoms with Gasteiger partial charge in [-0.05, 0) is 74.6 Å². The number of likely N-dealkylation sites (N-methyl/N-ethyl adjacent to an activating group) is 2. The lowest BCUT2D eigenvalue weighted by Crippen LogP contribution is -2.66. The van der Waals surface area contributed by atoms with Crippen molar-refractivity contribution < 1.29 is 37.8 Å². The molecular weight excluding hydrogens is 896 g/mol. The molecule has 3 aliphatic rings. The number of hydrogen-bond donors (Lipinski definition) is 0. The summed E-state index contributed by atoms with van der Waals surface area (Å²) < 4.78 is 30.5. The molecule has 1 amide bonds. The first-order valence-electron chi connectivity index (χ1n) is 23.3. The van der Waals surface area contributed by atoms with Crippen LogP contribution in [-0.2, 0) is 24.3 Å². The Kier molecular flexibility index (Phi) is 13.4. The van der Waals surface area contributed by atoms with E-state index in [1.54, 1.807) is 31.5 Å². The topological polar surface area (TPSA) is 145 Å². The van der Waals surface area contributed by atoms with Gasteiger partial charge in [0.2, 0.25) is 5.75 Å². The van der Waals surface area contributed by atoms with E-state index in [2.05, 4.69) is 58.7 Å². The van der Waals surface area contributed by atoms with Crippen LogP contribution in [-0.4, -0.2) is 130 Å². The fourth-order valence-corrected chi connectivity index (χ4v) is 10.7. The number of nitrogens with zero attached hydrogens (tertiary/aromatic N) is 8. The van der Waals surface area contributed by atoms with E-state index < -0.39 is 6.04 Å². The number of carbonyl (C=O) groups is 2. The number of ketones is 1. The van der Waals surface area contributed by atoms with Gasteiger partial charge in [-0.15, -0.1) is 0 Å². The Morgan fingerprint density at radius 1 is 0.942 bits per heavy atom. The van der Waals surface area contributed by atoms with Crippen molar-refractivity contribution in [3.05, 3.63) is 112 Å². The second-order valence-corrected chi connectivity index (χ2v) is 18.7. The molecule has 4 aromatic carbocycles. The molecule has 15 nitrogen and oxygen atoms in total. The number of likely N-dealkylation sites (tertiary alicyclic amines) is 1. The highest BCUT2D eigenvalue weighted by atomic mass is 35.5. The third-order valence-electron chi connectivity index (χ3n) is 14.4. The molecule has 358 valence electrons. The molecule has 2 fully saturated rings. The highest BCUT2D eigenvalue weighted by molar-refractivity contribution is 6.36. The quantitative estimate of drug-likeness (QED) is 0.0560. The van der Waals surface area contributed by atoms with Gasteiger partial charge in [0.25, 0.3) is 0 Å². The smallest absolute Gasteiger partial charge is 0.343 e. The summed E-state index contributed by atoms with van der Waals surface area (Å²) in [5.74, 6) is 1.98. The molecule has 6 aromatic rings. The van der Waals surface area contributed by atoms with Crippen molar-refractivity contribution >= 4 is 56.5 Å². The number of methoxy groups -OCH3 is 4. The van der Waals surface area contributed by atoms with E-state index >= 15 is 0 Å². The van der Waals surface area contributed by atoms with Crippen molar-refractivity contribution in [1.29, 1.82) is 5.26 Å². The van der Waals surface area contributed by atoms with Gasteiger partial charge in [0.05, 0.1) is 96.0 Å². The number of halogens is 1. The Bertz CT molecular complexity index is 2990. The Morgan fingerprint density at radius 3 is 2.41 bits per heavy atom. The average molecular weight is 955 g/mol. The van der Waals surface area contributed by atoms with Crippen LogP contribution in [0.2, 0.25) is 5.02 Å². The van der Waals surface area contributed by atoms with Crippen molar-refractivity contribution in [2.24, 2.45) is 0 Å². The molecular formula is C53H58ClN8O7+. The van der Waals surface area contributed by atoms with Gasteiger partial charge in [0.1, 0.15) is 30.8 Å². The number of ether oxygens (including phenoxy) is 5. The maximum Gasteiger partial charge on any atom is 0.343 e. The lowest BCUT2D eigenvalue weighted by atomic mass is 9.99. The normalized spacial score (nSPS) is 19.3. The van der Waals surface area contributed by atoms with Gasteiger partial charge < -0.3 is 43.0 Å². The molecule has 3 unspecified atom stereocenters. The number of benzene rings is 4. The Labute approximate surface area is 407 Å². The molecule has 0 radical (unpaired) electrons. The number of nitriles is 1. The fourth-order valence-electron chi connectivity index (χ4n) is 10.4. The average Bonchev–Trinajstić information content (AvgIpc) is 3.96. The number of rotatable bonds is 15. The molecule has 0 aliphatic carbocycles. The molecule has 69 heavy (non-hydrogen) atoms. The van der Waals surface area contributed by atoms with Crippen LogP contribution in [0, 0.1) is 11.3 Å². The van der Waals surface area contributed by atoms with Crippen LogP contribution < -0.4 is 33.5 Å². The van der Waals surface area contributed by atoms with Crippen molar-refractivity contribution in [3.8, 4) is 35.1 Å². The van der Waals surface area contributed by atoms with Crippen LogP contribution in [0.4, 0.5) is 11.5 Å². The Hall–Kier alpha value is -6.86. The summed E-state index contributed by atoms with van der Waals surface area (Å²) in [6.07, 6.45) is 4.72.